The highest BCUT2D eigenvalue weighted by Gasteiger charge is 2.71. The van der Waals surface area contributed by atoms with Gasteiger partial charge in [-0.1, -0.05) is 37.3 Å². The molecule has 29 heavy (non-hydrogen) atoms. The molecule has 0 aliphatic heterocycles. The lowest BCUT2D eigenvalue weighted by molar-refractivity contribution is -0.340. The largest absolute Gasteiger partial charge is 0.429 e. The molecule has 0 N–H and O–H groups in total. The van der Waals surface area contributed by atoms with Gasteiger partial charge >= 0.3 is 12.4 Å². The Kier molecular flexibility index (Phi) is 6.26. The summed E-state index contributed by atoms with van der Waals surface area (Å²) >= 11 is 0. The third-order valence-electron chi connectivity index (χ3n) is 4.49. The normalized spacial score (nSPS) is 19.2. The van der Waals surface area contributed by atoms with Crippen molar-refractivity contribution in [3.8, 4) is 0 Å². The summed E-state index contributed by atoms with van der Waals surface area (Å²) in [6.45, 7) is 5.49. The number of rotatable bonds is 6. The van der Waals surface area contributed by atoms with Crippen LogP contribution in [0.3, 0.4) is 0 Å². The first-order valence-corrected chi connectivity index (χ1v) is 12.4. The Balaban J connectivity index is 2.27. The number of ketones is 1. The molecule has 0 radical (unpaired) electrons. The van der Waals surface area contributed by atoms with Crippen molar-refractivity contribution in [1.29, 1.82) is 0 Å². The van der Waals surface area contributed by atoms with Crippen LogP contribution in [0.25, 0.3) is 0 Å². The number of hydrogen-bond acceptors (Lipinski definition) is 2. The molecule has 2 nitrogen and oxygen atoms in total. The summed E-state index contributed by atoms with van der Waals surface area (Å²) in [6.07, 6.45) is -2.49. The lowest BCUT2D eigenvalue weighted by Crippen LogP contribution is -2.61. The van der Waals surface area contributed by atoms with Crippen LogP contribution in [0, 0.1) is 5.92 Å². The van der Waals surface area contributed by atoms with Crippen molar-refractivity contribution in [2.24, 2.45) is 5.92 Å². The zero-order valence-electron chi connectivity index (χ0n) is 16.4. The molecule has 2 rings (SSSR count). The van der Waals surface area contributed by atoms with Crippen LogP contribution in [0.15, 0.2) is 59.3 Å². The van der Waals surface area contributed by atoms with Gasteiger partial charge in [0, 0.05) is 5.57 Å². The van der Waals surface area contributed by atoms with E-state index in [1.807, 2.05) is 0 Å². The summed E-state index contributed by atoms with van der Waals surface area (Å²) in [5, 5.41) is 0. The van der Waals surface area contributed by atoms with E-state index in [0.717, 1.165) is 6.08 Å². The van der Waals surface area contributed by atoms with E-state index in [-0.39, 0.29) is 18.3 Å². The van der Waals surface area contributed by atoms with Crippen molar-refractivity contribution in [3.63, 3.8) is 0 Å². The van der Waals surface area contributed by atoms with Crippen LogP contribution in [0.5, 0.6) is 0 Å². The van der Waals surface area contributed by atoms with Gasteiger partial charge in [0.05, 0.1) is 0 Å². The zero-order chi connectivity index (χ0) is 22.3. The molecule has 160 valence electrons. The van der Waals surface area contributed by atoms with Crippen molar-refractivity contribution >= 4 is 14.1 Å². The monoisotopic (exact) mass is 436 g/mol. The lowest BCUT2D eigenvalue weighted by Gasteiger charge is -2.39. The van der Waals surface area contributed by atoms with Gasteiger partial charge in [0.2, 0.25) is 0 Å². The van der Waals surface area contributed by atoms with E-state index in [2.05, 4.69) is 4.43 Å². The highest BCUT2D eigenvalue weighted by Crippen LogP contribution is 2.48. The quantitative estimate of drug-likeness (QED) is 0.281. The fraction of sp³-hybridized carbons (Fsp3) is 0.450. The van der Waals surface area contributed by atoms with E-state index in [1.165, 1.54) is 25.7 Å². The second kappa shape index (κ2) is 7.75. The minimum atomic E-state index is -5.66. The molecule has 9 heteroatoms. The zero-order valence-corrected chi connectivity index (χ0v) is 17.4. The summed E-state index contributed by atoms with van der Waals surface area (Å²) in [5.41, 5.74) is -2.53. The van der Waals surface area contributed by atoms with E-state index in [9.17, 15) is 31.1 Å². The second-order valence-electron chi connectivity index (χ2n) is 7.99. The number of fused-ring (bicyclic) bond motifs is 1. The highest BCUT2D eigenvalue weighted by atomic mass is 28.4. The first-order chi connectivity index (χ1) is 13.1. The highest BCUT2D eigenvalue weighted by molar-refractivity contribution is 6.69. The van der Waals surface area contributed by atoms with E-state index < -0.39 is 32.2 Å². The van der Waals surface area contributed by atoms with E-state index in [0.29, 0.717) is 16.7 Å². The fourth-order valence-corrected chi connectivity index (χ4v) is 4.47. The standard InChI is InChI=1S/C20H22F6O2Si/c1-13(14-10-11-16-15(14)8-5-9-17(16)27)7-6-12-18(19(21,22)23,20(24,25)26)28-29(2,3)4/h5-6,8-13H,7H2,1-4H3. The molecule has 0 amide bonds. The summed E-state index contributed by atoms with van der Waals surface area (Å²) < 4.78 is 85.9. The molecule has 0 fully saturated rings. The SMILES string of the molecule is CC(CC=CC(O[Si](C)(C)C)(C(F)(F)F)C(F)(F)F)C1=CC=C2C(=O)C=CC=C21. The number of carbonyl (C=O) groups is 1. The maximum atomic E-state index is 13.5. The van der Waals surface area contributed by atoms with Crippen molar-refractivity contribution in [2.45, 2.75) is 50.9 Å². The van der Waals surface area contributed by atoms with Crippen molar-refractivity contribution in [2.75, 3.05) is 0 Å². The lowest BCUT2D eigenvalue weighted by atomic mass is 9.87. The van der Waals surface area contributed by atoms with Crippen LogP contribution in [-0.2, 0) is 9.22 Å². The van der Waals surface area contributed by atoms with Gasteiger partial charge in [-0.05, 0) is 55.3 Å². The van der Waals surface area contributed by atoms with Gasteiger partial charge in [-0.2, -0.15) is 26.3 Å². The molecule has 0 aromatic carbocycles. The predicted molar refractivity (Wildman–Crippen MR) is 101 cm³/mol. The molecule has 0 aromatic heterocycles. The van der Waals surface area contributed by atoms with Gasteiger partial charge in [-0.3, -0.25) is 4.79 Å². The first kappa shape index (κ1) is 23.4. The summed E-state index contributed by atoms with van der Waals surface area (Å²) in [7, 11) is -3.21. The minimum absolute atomic E-state index is 0.0782. The fourth-order valence-electron chi connectivity index (χ4n) is 3.21. The van der Waals surface area contributed by atoms with E-state index in [1.54, 1.807) is 31.2 Å². The molecule has 0 aromatic rings. The molecule has 0 bridgehead atoms. The molecular weight excluding hydrogens is 414 g/mol. The average Bonchev–Trinajstić information content (AvgIpc) is 2.96. The van der Waals surface area contributed by atoms with Crippen LogP contribution < -0.4 is 0 Å². The summed E-state index contributed by atoms with van der Waals surface area (Å²) in [6, 6.07) is 0. The third kappa shape index (κ3) is 4.83. The molecule has 0 saturated carbocycles. The number of alkyl halides is 6. The Morgan fingerprint density at radius 2 is 1.59 bits per heavy atom. The van der Waals surface area contributed by atoms with Gasteiger partial charge in [0.15, 0.2) is 14.1 Å². The number of carbonyl (C=O) groups excluding carboxylic acids is 1. The number of halogens is 6. The Hall–Kier alpha value is -1.87. The van der Waals surface area contributed by atoms with Gasteiger partial charge in [-0.25, -0.2) is 0 Å². The average molecular weight is 436 g/mol. The summed E-state index contributed by atoms with van der Waals surface area (Å²) in [5.74, 6) is -0.579. The van der Waals surface area contributed by atoms with Gasteiger partial charge in [0.1, 0.15) is 0 Å². The van der Waals surface area contributed by atoms with Crippen LogP contribution in [-0.4, -0.2) is 32.1 Å². The minimum Gasteiger partial charge on any atom is -0.394 e. The van der Waals surface area contributed by atoms with Crippen molar-refractivity contribution in [1.82, 2.24) is 0 Å². The van der Waals surface area contributed by atoms with Crippen LogP contribution in [0.2, 0.25) is 19.6 Å². The van der Waals surface area contributed by atoms with E-state index in [4.69, 9.17) is 0 Å². The Morgan fingerprint density at radius 1 is 1.00 bits per heavy atom. The van der Waals surface area contributed by atoms with Crippen LogP contribution in [0.1, 0.15) is 13.3 Å². The molecular formula is C20H22F6O2Si. The smallest absolute Gasteiger partial charge is 0.394 e. The van der Waals surface area contributed by atoms with Crippen LogP contribution >= 0.6 is 0 Å². The maximum Gasteiger partial charge on any atom is 0.429 e. The van der Waals surface area contributed by atoms with Gasteiger partial charge in [0.25, 0.3) is 5.60 Å². The topological polar surface area (TPSA) is 26.3 Å². The molecule has 1 atom stereocenters. The Labute approximate surface area is 166 Å². The predicted octanol–water partition coefficient (Wildman–Crippen LogP) is 6.22. The molecule has 0 spiro atoms. The molecule has 2 aliphatic carbocycles. The maximum absolute atomic E-state index is 13.5. The van der Waals surface area contributed by atoms with Gasteiger partial charge < -0.3 is 4.43 Å². The Bertz CT molecular complexity index is 805. The Morgan fingerprint density at radius 3 is 2.10 bits per heavy atom. The number of hydrogen-bond donors (Lipinski definition) is 0. The molecule has 2 aliphatic rings. The molecule has 0 saturated heterocycles. The van der Waals surface area contributed by atoms with Crippen molar-refractivity contribution in [3.05, 3.63) is 59.3 Å². The number of allylic oxidation sites excluding steroid dienone is 9. The molecule has 0 heterocycles. The van der Waals surface area contributed by atoms with Crippen molar-refractivity contribution < 1.29 is 35.6 Å². The first-order valence-electron chi connectivity index (χ1n) is 8.96. The summed E-state index contributed by atoms with van der Waals surface area (Å²) in [4.78, 5) is 11.8. The van der Waals surface area contributed by atoms with Gasteiger partial charge in [-0.15, -0.1) is 0 Å². The van der Waals surface area contributed by atoms with Crippen LogP contribution in [0.4, 0.5) is 26.3 Å². The third-order valence-corrected chi connectivity index (χ3v) is 5.42. The van der Waals surface area contributed by atoms with E-state index >= 15 is 0 Å². The molecule has 1 unspecified atom stereocenters. The second-order valence-corrected chi connectivity index (χ2v) is 12.4.